The SMILES string of the molecule is COc1ccc(C(=O)CN2CCN(CCCc3ccccc3)CC2)cc1OC. The summed E-state index contributed by atoms with van der Waals surface area (Å²) in [5.74, 6) is 1.36. The molecule has 1 fully saturated rings. The molecule has 0 unspecified atom stereocenters. The van der Waals surface area contributed by atoms with Gasteiger partial charge in [0.15, 0.2) is 17.3 Å². The van der Waals surface area contributed by atoms with Crippen LogP contribution in [0, 0.1) is 0 Å². The molecule has 0 bridgehead atoms. The van der Waals surface area contributed by atoms with E-state index < -0.39 is 0 Å². The minimum absolute atomic E-state index is 0.124. The normalized spacial score (nSPS) is 15.4. The van der Waals surface area contributed by atoms with Gasteiger partial charge in [-0.25, -0.2) is 0 Å². The molecular weight excluding hydrogens is 352 g/mol. The molecule has 0 aromatic heterocycles. The Morgan fingerprint density at radius 3 is 2.25 bits per heavy atom. The van der Waals surface area contributed by atoms with Crippen molar-refractivity contribution < 1.29 is 14.3 Å². The summed E-state index contributed by atoms with van der Waals surface area (Å²) < 4.78 is 10.5. The molecule has 0 amide bonds. The molecule has 0 saturated carbocycles. The number of carbonyl (C=O) groups excluding carboxylic acids is 1. The maximum absolute atomic E-state index is 12.6. The summed E-state index contributed by atoms with van der Waals surface area (Å²) in [5, 5.41) is 0. The second-order valence-electron chi connectivity index (χ2n) is 7.20. The van der Waals surface area contributed by atoms with Crippen LogP contribution in [0.5, 0.6) is 11.5 Å². The molecule has 1 heterocycles. The number of methoxy groups -OCH3 is 2. The molecule has 2 aromatic rings. The molecular formula is C23H30N2O3. The van der Waals surface area contributed by atoms with Gasteiger partial charge in [-0.1, -0.05) is 30.3 Å². The fourth-order valence-electron chi connectivity index (χ4n) is 3.63. The zero-order valence-corrected chi connectivity index (χ0v) is 16.9. The lowest BCUT2D eigenvalue weighted by molar-refractivity contribution is 0.0851. The average molecular weight is 383 g/mol. The van der Waals surface area contributed by atoms with E-state index in [1.54, 1.807) is 26.4 Å². The Hall–Kier alpha value is -2.37. The van der Waals surface area contributed by atoms with Gasteiger partial charge in [0.2, 0.25) is 0 Å². The van der Waals surface area contributed by atoms with Gasteiger partial charge in [-0.05, 0) is 43.1 Å². The summed E-state index contributed by atoms with van der Waals surface area (Å²) >= 11 is 0. The molecule has 0 atom stereocenters. The first-order valence-corrected chi connectivity index (χ1v) is 9.93. The van der Waals surface area contributed by atoms with E-state index in [1.165, 1.54) is 12.0 Å². The molecule has 1 saturated heterocycles. The van der Waals surface area contributed by atoms with Crippen molar-refractivity contribution in [2.24, 2.45) is 0 Å². The Morgan fingerprint density at radius 2 is 1.57 bits per heavy atom. The van der Waals surface area contributed by atoms with Gasteiger partial charge in [0, 0.05) is 31.7 Å². The van der Waals surface area contributed by atoms with E-state index in [-0.39, 0.29) is 5.78 Å². The Kier molecular flexibility index (Phi) is 7.46. The van der Waals surface area contributed by atoms with Crippen LogP contribution in [0.3, 0.4) is 0 Å². The fourth-order valence-corrected chi connectivity index (χ4v) is 3.63. The van der Waals surface area contributed by atoms with Crippen molar-refractivity contribution in [3.63, 3.8) is 0 Å². The van der Waals surface area contributed by atoms with E-state index in [1.807, 2.05) is 6.07 Å². The first kappa shape index (κ1) is 20.4. The van der Waals surface area contributed by atoms with E-state index in [9.17, 15) is 4.79 Å². The zero-order valence-electron chi connectivity index (χ0n) is 16.9. The number of benzene rings is 2. The molecule has 1 aliphatic rings. The lowest BCUT2D eigenvalue weighted by Crippen LogP contribution is -2.48. The maximum atomic E-state index is 12.6. The molecule has 0 radical (unpaired) electrons. The van der Waals surface area contributed by atoms with Gasteiger partial charge < -0.3 is 14.4 Å². The summed E-state index contributed by atoms with van der Waals surface area (Å²) in [6, 6.07) is 16.0. The third-order valence-corrected chi connectivity index (χ3v) is 5.32. The number of carbonyl (C=O) groups is 1. The zero-order chi connectivity index (χ0) is 19.8. The molecule has 2 aromatic carbocycles. The molecule has 5 heteroatoms. The molecule has 5 nitrogen and oxygen atoms in total. The van der Waals surface area contributed by atoms with Gasteiger partial charge in [0.25, 0.3) is 0 Å². The topological polar surface area (TPSA) is 42.0 Å². The van der Waals surface area contributed by atoms with Crippen LogP contribution >= 0.6 is 0 Å². The summed E-state index contributed by atoms with van der Waals surface area (Å²) in [5.41, 5.74) is 2.07. The number of hydrogen-bond donors (Lipinski definition) is 0. The van der Waals surface area contributed by atoms with Crippen molar-refractivity contribution in [2.75, 3.05) is 53.5 Å². The molecule has 0 spiro atoms. The molecule has 150 valence electrons. The van der Waals surface area contributed by atoms with Crippen LogP contribution in [-0.4, -0.2) is 69.1 Å². The Bertz CT molecular complexity index is 756. The molecule has 1 aliphatic heterocycles. The third-order valence-electron chi connectivity index (χ3n) is 5.32. The molecule has 0 N–H and O–H groups in total. The van der Waals surface area contributed by atoms with Gasteiger partial charge in [-0.2, -0.15) is 0 Å². The summed E-state index contributed by atoms with van der Waals surface area (Å²) in [6.07, 6.45) is 2.30. The number of ether oxygens (including phenoxy) is 2. The van der Waals surface area contributed by atoms with Crippen LogP contribution in [0.2, 0.25) is 0 Å². The number of hydrogen-bond acceptors (Lipinski definition) is 5. The van der Waals surface area contributed by atoms with Crippen molar-refractivity contribution in [1.82, 2.24) is 9.80 Å². The minimum atomic E-state index is 0.124. The highest BCUT2D eigenvalue weighted by atomic mass is 16.5. The van der Waals surface area contributed by atoms with Gasteiger partial charge in [-0.15, -0.1) is 0 Å². The second-order valence-corrected chi connectivity index (χ2v) is 7.20. The van der Waals surface area contributed by atoms with Crippen LogP contribution in [0.4, 0.5) is 0 Å². The van der Waals surface area contributed by atoms with Gasteiger partial charge in [-0.3, -0.25) is 9.69 Å². The van der Waals surface area contributed by atoms with Crippen LogP contribution in [0.25, 0.3) is 0 Å². The summed E-state index contributed by atoms with van der Waals surface area (Å²) in [6.45, 7) is 5.48. The summed E-state index contributed by atoms with van der Waals surface area (Å²) in [7, 11) is 3.18. The molecule has 0 aliphatic carbocycles. The lowest BCUT2D eigenvalue weighted by atomic mass is 10.1. The third kappa shape index (κ3) is 5.57. The van der Waals surface area contributed by atoms with Gasteiger partial charge in [0.05, 0.1) is 20.8 Å². The largest absolute Gasteiger partial charge is 0.493 e. The summed E-state index contributed by atoms with van der Waals surface area (Å²) in [4.78, 5) is 17.4. The monoisotopic (exact) mass is 382 g/mol. The van der Waals surface area contributed by atoms with Crippen molar-refractivity contribution in [3.05, 3.63) is 59.7 Å². The first-order chi connectivity index (χ1) is 13.7. The number of rotatable bonds is 9. The predicted molar refractivity (Wildman–Crippen MR) is 112 cm³/mol. The van der Waals surface area contributed by atoms with Crippen LogP contribution < -0.4 is 9.47 Å². The van der Waals surface area contributed by atoms with Crippen LogP contribution in [0.1, 0.15) is 22.3 Å². The fraction of sp³-hybridized carbons (Fsp3) is 0.435. The second kappa shape index (κ2) is 10.2. The lowest BCUT2D eigenvalue weighted by Gasteiger charge is -2.34. The first-order valence-electron chi connectivity index (χ1n) is 9.93. The minimum Gasteiger partial charge on any atom is -0.493 e. The number of piperazine rings is 1. The van der Waals surface area contributed by atoms with Crippen molar-refractivity contribution in [1.29, 1.82) is 0 Å². The number of nitrogens with zero attached hydrogens (tertiary/aromatic N) is 2. The highest BCUT2D eigenvalue weighted by Crippen LogP contribution is 2.27. The number of Topliss-reactive ketones (excluding diaryl/α,β-unsaturated/α-hetero) is 1. The van der Waals surface area contributed by atoms with E-state index in [4.69, 9.17) is 9.47 Å². The Morgan fingerprint density at radius 1 is 0.893 bits per heavy atom. The quantitative estimate of drug-likeness (QED) is 0.624. The van der Waals surface area contributed by atoms with E-state index >= 15 is 0 Å². The van der Waals surface area contributed by atoms with E-state index in [2.05, 4.69) is 40.1 Å². The highest BCUT2D eigenvalue weighted by molar-refractivity contribution is 5.98. The van der Waals surface area contributed by atoms with Crippen molar-refractivity contribution in [3.8, 4) is 11.5 Å². The Balaban J connectivity index is 1.42. The predicted octanol–water partition coefficient (Wildman–Crippen LogP) is 3.14. The van der Waals surface area contributed by atoms with Gasteiger partial charge in [0.1, 0.15) is 0 Å². The maximum Gasteiger partial charge on any atom is 0.176 e. The number of ketones is 1. The Labute approximate surface area is 167 Å². The smallest absolute Gasteiger partial charge is 0.176 e. The van der Waals surface area contributed by atoms with Crippen LogP contribution in [0.15, 0.2) is 48.5 Å². The van der Waals surface area contributed by atoms with Crippen molar-refractivity contribution >= 4 is 5.78 Å². The number of aryl methyl sites for hydroxylation is 1. The van der Waals surface area contributed by atoms with E-state index in [0.29, 0.717) is 23.6 Å². The van der Waals surface area contributed by atoms with Crippen molar-refractivity contribution in [2.45, 2.75) is 12.8 Å². The van der Waals surface area contributed by atoms with E-state index in [0.717, 1.165) is 39.1 Å². The van der Waals surface area contributed by atoms with Gasteiger partial charge >= 0.3 is 0 Å². The molecule has 3 rings (SSSR count). The molecule has 28 heavy (non-hydrogen) atoms. The highest BCUT2D eigenvalue weighted by Gasteiger charge is 2.20. The van der Waals surface area contributed by atoms with Crippen LogP contribution in [-0.2, 0) is 6.42 Å². The average Bonchev–Trinajstić information content (AvgIpc) is 2.75. The standard InChI is InChI=1S/C23H30N2O3/c1-27-22-11-10-20(17-23(22)28-2)21(26)18-25-15-13-24(14-16-25)12-6-9-19-7-4-3-5-8-19/h3-5,7-8,10-11,17H,6,9,12-16,18H2,1-2H3.